The zero-order valence-electron chi connectivity index (χ0n) is 13.6. The maximum Gasteiger partial charge on any atom is 0.138 e. The number of ketones is 1. The lowest BCUT2D eigenvalue weighted by Crippen LogP contribution is -2.19. The average Bonchev–Trinajstić information content (AvgIpc) is 2.18. The summed E-state index contributed by atoms with van der Waals surface area (Å²) >= 11 is 0. The lowest BCUT2D eigenvalue weighted by atomic mass is 9.87. The number of hydrogen-bond acceptors (Lipinski definition) is 1. The van der Waals surface area contributed by atoms with Gasteiger partial charge in [0.1, 0.15) is 5.78 Å². The van der Waals surface area contributed by atoms with E-state index in [1.54, 1.807) is 0 Å². The highest BCUT2D eigenvalue weighted by Gasteiger charge is 2.19. The van der Waals surface area contributed by atoms with Crippen LogP contribution in [0.1, 0.15) is 92.9 Å². The van der Waals surface area contributed by atoms with Gasteiger partial charge in [-0.2, -0.15) is 0 Å². The molecule has 0 aliphatic rings. The fourth-order valence-electron chi connectivity index (χ4n) is 2.02. The Morgan fingerprint density at radius 3 is 1.61 bits per heavy atom. The van der Waals surface area contributed by atoms with Crippen LogP contribution < -0.4 is 0 Å². The summed E-state index contributed by atoms with van der Waals surface area (Å²) in [4.78, 5) is 11.7. The lowest BCUT2D eigenvalue weighted by molar-refractivity contribution is -0.126. The van der Waals surface area contributed by atoms with Crippen LogP contribution in [-0.2, 0) is 4.79 Å². The quantitative estimate of drug-likeness (QED) is 0.503. The predicted molar refractivity (Wildman–Crippen MR) is 80.9 cm³/mol. The van der Waals surface area contributed by atoms with Crippen molar-refractivity contribution in [1.82, 2.24) is 0 Å². The van der Waals surface area contributed by atoms with E-state index in [2.05, 4.69) is 20.8 Å². The topological polar surface area (TPSA) is 17.1 Å². The van der Waals surface area contributed by atoms with Gasteiger partial charge in [-0.15, -0.1) is 0 Å². The van der Waals surface area contributed by atoms with Crippen LogP contribution in [0.25, 0.3) is 0 Å². The van der Waals surface area contributed by atoms with E-state index in [9.17, 15) is 4.79 Å². The molecule has 0 saturated carbocycles. The van der Waals surface area contributed by atoms with Gasteiger partial charge in [-0.25, -0.2) is 0 Å². The van der Waals surface area contributed by atoms with Crippen molar-refractivity contribution in [3.05, 3.63) is 0 Å². The molecule has 0 bridgehead atoms. The summed E-state index contributed by atoms with van der Waals surface area (Å²) < 4.78 is 0. The van der Waals surface area contributed by atoms with E-state index in [-0.39, 0.29) is 5.41 Å². The van der Waals surface area contributed by atoms with Crippen LogP contribution in [0.3, 0.4) is 0 Å². The Labute approximate surface area is 115 Å². The number of hydrogen-bond donors (Lipinski definition) is 0. The molecule has 0 atom stereocenters. The second-order valence-electron chi connectivity index (χ2n) is 7.86. The second-order valence-corrected chi connectivity index (χ2v) is 7.86. The summed E-state index contributed by atoms with van der Waals surface area (Å²) in [7, 11) is 0. The van der Waals surface area contributed by atoms with Gasteiger partial charge in [0.25, 0.3) is 0 Å². The molecule has 1 nitrogen and oxygen atoms in total. The largest absolute Gasteiger partial charge is 0.299 e. The Bertz CT molecular complexity index is 227. The molecular formula is C17H34O. The van der Waals surface area contributed by atoms with Crippen LogP contribution in [0, 0.1) is 10.8 Å². The molecule has 0 radical (unpaired) electrons. The van der Waals surface area contributed by atoms with E-state index in [1.807, 2.05) is 20.8 Å². The lowest BCUT2D eigenvalue weighted by Gasteiger charge is -2.17. The van der Waals surface area contributed by atoms with E-state index >= 15 is 0 Å². The average molecular weight is 254 g/mol. The Morgan fingerprint density at radius 2 is 1.17 bits per heavy atom. The molecular weight excluding hydrogens is 220 g/mol. The molecule has 0 aromatic heterocycles. The molecule has 0 N–H and O–H groups in total. The van der Waals surface area contributed by atoms with Gasteiger partial charge < -0.3 is 0 Å². The van der Waals surface area contributed by atoms with Crippen molar-refractivity contribution in [2.24, 2.45) is 10.8 Å². The molecule has 0 spiro atoms. The van der Waals surface area contributed by atoms with Crippen molar-refractivity contribution in [2.75, 3.05) is 0 Å². The zero-order valence-corrected chi connectivity index (χ0v) is 13.6. The molecule has 0 heterocycles. The van der Waals surface area contributed by atoms with Gasteiger partial charge in [-0.3, -0.25) is 4.79 Å². The van der Waals surface area contributed by atoms with E-state index in [0.717, 1.165) is 12.8 Å². The first-order chi connectivity index (χ1) is 8.13. The molecule has 108 valence electrons. The summed E-state index contributed by atoms with van der Waals surface area (Å²) in [5.41, 5.74) is 0.339. The molecule has 0 amide bonds. The van der Waals surface area contributed by atoms with Crippen LogP contribution >= 0.6 is 0 Å². The molecule has 18 heavy (non-hydrogen) atoms. The van der Waals surface area contributed by atoms with Gasteiger partial charge in [0.15, 0.2) is 0 Å². The van der Waals surface area contributed by atoms with E-state index in [1.165, 1.54) is 38.5 Å². The summed E-state index contributed by atoms with van der Waals surface area (Å²) in [5, 5.41) is 0. The van der Waals surface area contributed by atoms with Gasteiger partial charge in [0.2, 0.25) is 0 Å². The maximum absolute atomic E-state index is 11.7. The summed E-state index contributed by atoms with van der Waals surface area (Å²) in [5.74, 6) is 0.412. The number of unbranched alkanes of at least 4 members (excludes halogenated alkanes) is 5. The molecule has 0 fully saturated rings. The second kappa shape index (κ2) is 7.96. The first-order valence-electron chi connectivity index (χ1n) is 7.66. The monoisotopic (exact) mass is 254 g/mol. The van der Waals surface area contributed by atoms with E-state index in [4.69, 9.17) is 0 Å². The zero-order chi connectivity index (χ0) is 14.2. The van der Waals surface area contributed by atoms with Crippen molar-refractivity contribution in [3.8, 4) is 0 Å². The third-order valence-electron chi connectivity index (χ3n) is 3.42. The fraction of sp³-hybridized carbons (Fsp3) is 0.941. The minimum absolute atomic E-state index is 0.146. The highest BCUT2D eigenvalue weighted by molar-refractivity contribution is 5.83. The van der Waals surface area contributed by atoms with E-state index < -0.39 is 0 Å². The Morgan fingerprint density at radius 1 is 0.722 bits per heavy atom. The van der Waals surface area contributed by atoms with Crippen LogP contribution in [0.2, 0.25) is 0 Å². The van der Waals surface area contributed by atoms with Gasteiger partial charge >= 0.3 is 0 Å². The number of rotatable bonds is 8. The maximum atomic E-state index is 11.7. The third kappa shape index (κ3) is 10.8. The number of carbonyl (C=O) groups excluding carboxylic acids is 1. The molecule has 1 heteroatoms. The third-order valence-corrected chi connectivity index (χ3v) is 3.42. The van der Waals surface area contributed by atoms with E-state index in [0.29, 0.717) is 11.2 Å². The highest BCUT2D eigenvalue weighted by atomic mass is 16.1. The first-order valence-corrected chi connectivity index (χ1v) is 7.66. The summed E-state index contributed by atoms with van der Waals surface area (Å²) in [6.45, 7) is 13.0. The van der Waals surface area contributed by atoms with Gasteiger partial charge in [-0.1, -0.05) is 73.6 Å². The molecule has 0 aliphatic carbocycles. The molecule has 0 rings (SSSR count). The predicted octanol–water partition coefficient (Wildman–Crippen LogP) is 5.77. The molecule has 0 aromatic rings. The van der Waals surface area contributed by atoms with Crippen molar-refractivity contribution in [3.63, 3.8) is 0 Å². The summed E-state index contributed by atoms with van der Waals surface area (Å²) in [6, 6.07) is 0. The Balaban J connectivity index is 3.35. The van der Waals surface area contributed by atoms with Crippen LogP contribution in [-0.4, -0.2) is 5.78 Å². The Hall–Kier alpha value is -0.330. The smallest absolute Gasteiger partial charge is 0.138 e. The highest BCUT2D eigenvalue weighted by Crippen LogP contribution is 2.23. The van der Waals surface area contributed by atoms with Gasteiger partial charge in [0.05, 0.1) is 0 Å². The van der Waals surface area contributed by atoms with Crippen molar-refractivity contribution in [1.29, 1.82) is 0 Å². The molecule has 0 saturated heterocycles. The minimum atomic E-state index is -0.146. The van der Waals surface area contributed by atoms with Crippen LogP contribution in [0.4, 0.5) is 0 Å². The fourth-order valence-corrected chi connectivity index (χ4v) is 2.02. The van der Waals surface area contributed by atoms with Crippen LogP contribution in [0.15, 0.2) is 0 Å². The standard InChI is InChI=1S/C17H34O/c1-16(2,3)14-12-10-8-7-9-11-13-15(18)17(4,5)6/h7-14H2,1-6H3. The van der Waals surface area contributed by atoms with Crippen molar-refractivity contribution in [2.45, 2.75) is 92.9 Å². The normalized spacial score (nSPS) is 12.8. The van der Waals surface area contributed by atoms with Crippen LogP contribution in [0.5, 0.6) is 0 Å². The van der Waals surface area contributed by atoms with Gasteiger partial charge in [0, 0.05) is 11.8 Å². The number of Topliss-reactive ketones (excluding diaryl/α,β-unsaturated/α-hetero) is 1. The van der Waals surface area contributed by atoms with Gasteiger partial charge in [-0.05, 0) is 18.3 Å². The summed E-state index contributed by atoms with van der Waals surface area (Å²) in [6.07, 6.45) is 9.73. The number of carbonyl (C=O) groups is 1. The van der Waals surface area contributed by atoms with Crippen molar-refractivity contribution < 1.29 is 4.79 Å². The van der Waals surface area contributed by atoms with Crippen molar-refractivity contribution >= 4 is 5.78 Å². The SMILES string of the molecule is CC(C)(C)CCCCCCCCC(=O)C(C)(C)C. The first kappa shape index (κ1) is 17.7. The molecule has 0 unspecified atom stereocenters. The molecule has 0 aromatic carbocycles. The molecule has 0 aliphatic heterocycles. The minimum Gasteiger partial charge on any atom is -0.299 e. The Kier molecular flexibility index (Phi) is 7.82.